The summed E-state index contributed by atoms with van der Waals surface area (Å²) in [5.74, 6) is 0. The first-order chi connectivity index (χ1) is 5.83. The Labute approximate surface area is 75.1 Å². The average molecular weight is 166 g/mol. The average Bonchev–Trinajstić information content (AvgIpc) is 2.07. The van der Waals surface area contributed by atoms with Gasteiger partial charge in [0.1, 0.15) is 0 Å². The molecule has 1 nitrogen and oxygen atoms in total. The van der Waals surface area contributed by atoms with Crippen LogP contribution in [0, 0.1) is 0 Å². The lowest BCUT2D eigenvalue weighted by atomic mass is 9.87. The Morgan fingerprint density at radius 3 is 2.25 bits per heavy atom. The van der Waals surface area contributed by atoms with Gasteiger partial charge in [-0.15, -0.1) is 13.2 Å². The highest BCUT2D eigenvalue weighted by molar-refractivity contribution is 4.94. The number of ether oxygens (including phenoxy) is 1. The van der Waals surface area contributed by atoms with Gasteiger partial charge in [0.15, 0.2) is 0 Å². The molecular weight excluding hydrogens is 148 g/mol. The normalized spacial score (nSPS) is 21.7. The van der Waals surface area contributed by atoms with Crippen molar-refractivity contribution in [2.75, 3.05) is 6.61 Å². The monoisotopic (exact) mass is 166 g/mol. The van der Waals surface area contributed by atoms with Crippen LogP contribution in [0.2, 0.25) is 0 Å². The van der Waals surface area contributed by atoms with Crippen LogP contribution in [0.1, 0.15) is 32.1 Å². The van der Waals surface area contributed by atoms with Crippen molar-refractivity contribution in [2.45, 2.75) is 37.7 Å². The van der Waals surface area contributed by atoms with Crippen molar-refractivity contribution in [3.63, 3.8) is 0 Å². The van der Waals surface area contributed by atoms with E-state index >= 15 is 0 Å². The topological polar surface area (TPSA) is 9.23 Å². The summed E-state index contributed by atoms with van der Waals surface area (Å²) in [7, 11) is 0. The Kier molecular flexibility index (Phi) is 3.54. The van der Waals surface area contributed by atoms with Gasteiger partial charge in [0.05, 0.1) is 5.60 Å². The van der Waals surface area contributed by atoms with Crippen LogP contribution in [0.25, 0.3) is 0 Å². The third kappa shape index (κ3) is 2.21. The van der Waals surface area contributed by atoms with Crippen molar-refractivity contribution < 1.29 is 4.74 Å². The molecule has 0 aliphatic carbocycles. The van der Waals surface area contributed by atoms with Gasteiger partial charge in [-0.1, -0.05) is 12.2 Å². The molecule has 0 aromatic heterocycles. The van der Waals surface area contributed by atoms with E-state index in [1.54, 1.807) is 0 Å². The Hall–Kier alpha value is -0.560. The predicted octanol–water partition coefficient (Wildman–Crippen LogP) is 3.08. The fourth-order valence-electron chi connectivity index (χ4n) is 1.84. The summed E-state index contributed by atoms with van der Waals surface area (Å²) >= 11 is 0. The Balaban J connectivity index is 2.55. The minimum atomic E-state index is 0.0434. The third-order valence-electron chi connectivity index (χ3n) is 2.47. The van der Waals surface area contributed by atoms with Crippen LogP contribution in [-0.4, -0.2) is 12.2 Å². The van der Waals surface area contributed by atoms with E-state index in [1.807, 2.05) is 12.2 Å². The van der Waals surface area contributed by atoms with Crippen LogP contribution in [0.4, 0.5) is 0 Å². The third-order valence-corrected chi connectivity index (χ3v) is 2.47. The Bertz CT molecular complexity index is 142. The van der Waals surface area contributed by atoms with Crippen molar-refractivity contribution in [2.24, 2.45) is 0 Å². The minimum Gasteiger partial charge on any atom is -0.374 e. The first-order valence-electron chi connectivity index (χ1n) is 4.69. The van der Waals surface area contributed by atoms with Gasteiger partial charge in [0, 0.05) is 6.61 Å². The molecule has 1 heterocycles. The smallest absolute Gasteiger partial charge is 0.0750 e. The van der Waals surface area contributed by atoms with E-state index in [0.29, 0.717) is 0 Å². The van der Waals surface area contributed by atoms with Crippen LogP contribution in [-0.2, 0) is 4.74 Å². The first kappa shape index (κ1) is 9.53. The van der Waals surface area contributed by atoms with Crippen molar-refractivity contribution in [1.82, 2.24) is 0 Å². The van der Waals surface area contributed by atoms with Gasteiger partial charge in [-0.3, -0.25) is 0 Å². The second-order valence-corrected chi connectivity index (χ2v) is 3.47. The van der Waals surface area contributed by atoms with Crippen molar-refractivity contribution in [3.05, 3.63) is 25.3 Å². The largest absolute Gasteiger partial charge is 0.374 e. The summed E-state index contributed by atoms with van der Waals surface area (Å²) in [6.07, 6.45) is 9.46. The van der Waals surface area contributed by atoms with E-state index in [-0.39, 0.29) is 5.60 Å². The molecule has 0 radical (unpaired) electrons. The van der Waals surface area contributed by atoms with Crippen molar-refractivity contribution >= 4 is 0 Å². The Morgan fingerprint density at radius 2 is 1.83 bits per heavy atom. The maximum atomic E-state index is 5.80. The lowest BCUT2D eigenvalue weighted by Gasteiger charge is -2.35. The zero-order chi connectivity index (χ0) is 8.86. The molecule has 1 fully saturated rings. The van der Waals surface area contributed by atoms with Crippen LogP contribution >= 0.6 is 0 Å². The van der Waals surface area contributed by atoms with Crippen molar-refractivity contribution in [3.8, 4) is 0 Å². The fourth-order valence-corrected chi connectivity index (χ4v) is 1.84. The van der Waals surface area contributed by atoms with Gasteiger partial charge in [-0.25, -0.2) is 0 Å². The number of rotatable bonds is 4. The molecule has 0 aromatic carbocycles. The quantitative estimate of drug-likeness (QED) is 0.583. The molecule has 0 bridgehead atoms. The summed E-state index contributed by atoms with van der Waals surface area (Å²) in [6.45, 7) is 8.44. The summed E-state index contributed by atoms with van der Waals surface area (Å²) in [4.78, 5) is 0. The molecule has 12 heavy (non-hydrogen) atoms. The lowest BCUT2D eigenvalue weighted by Crippen LogP contribution is -2.35. The summed E-state index contributed by atoms with van der Waals surface area (Å²) in [5, 5.41) is 0. The van der Waals surface area contributed by atoms with Crippen LogP contribution < -0.4 is 0 Å². The highest BCUT2D eigenvalue weighted by Gasteiger charge is 2.30. The second-order valence-electron chi connectivity index (χ2n) is 3.47. The van der Waals surface area contributed by atoms with E-state index in [4.69, 9.17) is 4.74 Å². The molecule has 1 saturated heterocycles. The molecule has 1 aliphatic heterocycles. The highest BCUT2D eigenvalue weighted by Crippen LogP contribution is 2.31. The minimum absolute atomic E-state index is 0.0434. The SMILES string of the molecule is C=CCC1(CC=C)CCCCO1. The maximum Gasteiger partial charge on any atom is 0.0750 e. The molecule has 0 atom stereocenters. The number of hydrogen-bond acceptors (Lipinski definition) is 1. The van der Waals surface area contributed by atoms with Crippen LogP contribution in [0.3, 0.4) is 0 Å². The molecule has 0 aromatic rings. The van der Waals surface area contributed by atoms with E-state index < -0.39 is 0 Å². The lowest BCUT2D eigenvalue weighted by molar-refractivity contribution is -0.0737. The van der Waals surface area contributed by atoms with Crippen LogP contribution in [0.15, 0.2) is 25.3 Å². The molecule has 0 saturated carbocycles. The molecule has 68 valence electrons. The van der Waals surface area contributed by atoms with E-state index in [9.17, 15) is 0 Å². The molecule has 1 heteroatoms. The standard InChI is InChI=1S/C11H18O/c1-3-7-11(8-4-2)9-5-6-10-12-11/h3-4H,1-2,5-10H2. The van der Waals surface area contributed by atoms with Gasteiger partial charge in [0.2, 0.25) is 0 Å². The molecule has 1 aliphatic rings. The van der Waals surface area contributed by atoms with Gasteiger partial charge in [-0.05, 0) is 32.1 Å². The fraction of sp³-hybridized carbons (Fsp3) is 0.636. The molecule has 0 spiro atoms. The number of hydrogen-bond donors (Lipinski definition) is 0. The predicted molar refractivity (Wildman–Crippen MR) is 52.2 cm³/mol. The van der Waals surface area contributed by atoms with E-state index in [1.165, 1.54) is 12.8 Å². The van der Waals surface area contributed by atoms with Gasteiger partial charge in [0.25, 0.3) is 0 Å². The zero-order valence-corrected chi connectivity index (χ0v) is 7.72. The highest BCUT2D eigenvalue weighted by atomic mass is 16.5. The molecule has 0 unspecified atom stereocenters. The van der Waals surface area contributed by atoms with Gasteiger partial charge >= 0.3 is 0 Å². The summed E-state index contributed by atoms with van der Waals surface area (Å²) in [6, 6.07) is 0. The molecule has 0 amide bonds. The molecular formula is C11H18O. The van der Waals surface area contributed by atoms with Crippen LogP contribution in [0.5, 0.6) is 0 Å². The summed E-state index contributed by atoms with van der Waals surface area (Å²) < 4.78 is 5.80. The van der Waals surface area contributed by atoms with E-state index in [2.05, 4.69) is 13.2 Å². The molecule has 0 N–H and O–H groups in total. The zero-order valence-electron chi connectivity index (χ0n) is 7.72. The second kappa shape index (κ2) is 4.46. The van der Waals surface area contributed by atoms with Gasteiger partial charge < -0.3 is 4.74 Å². The Morgan fingerprint density at radius 1 is 1.17 bits per heavy atom. The maximum absolute atomic E-state index is 5.80. The van der Waals surface area contributed by atoms with Gasteiger partial charge in [-0.2, -0.15) is 0 Å². The van der Waals surface area contributed by atoms with Crippen molar-refractivity contribution in [1.29, 1.82) is 0 Å². The first-order valence-corrected chi connectivity index (χ1v) is 4.69. The summed E-state index contributed by atoms with van der Waals surface area (Å²) in [5.41, 5.74) is 0.0434. The molecule has 1 rings (SSSR count). The van der Waals surface area contributed by atoms with E-state index in [0.717, 1.165) is 25.9 Å².